The lowest BCUT2D eigenvalue weighted by molar-refractivity contribution is -0.272. The Morgan fingerprint density at radius 3 is 2.12 bits per heavy atom. The first kappa shape index (κ1) is 42.5. The molecule has 8 nitrogen and oxygen atoms in total. The molecular formula is C50H65NO7S. The first-order valence-corrected chi connectivity index (χ1v) is 23.2. The van der Waals surface area contributed by atoms with Crippen molar-refractivity contribution >= 4 is 29.3 Å². The second-order valence-electron chi connectivity index (χ2n) is 19.6. The summed E-state index contributed by atoms with van der Waals surface area (Å²) in [4.78, 5) is 24.3. The molecule has 4 aliphatic carbocycles. The average molecular weight is 824 g/mol. The fraction of sp³-hybridized carbons (Fsp3) is 0.600. The summed E-state index contributed by atoms with van der Waals surface area (Å²) in [5.41, 5.74) is 8.46. The van der Waals surface area contributed by atoms with E-state index < -0.39 is 11.9 Å². The normalized spacial score (nSPS) is 38.2. The lowest BCUT2D eigenvalue weighted by Gasteiger charge is -2.57. The number of aliphatic hydroxyl groups excluding tert-OH is 1. The summed E-state index contributed by atoms with van der Waals surface area (Å²) >= 11 is 1.91. The Morgan fingerprint density at radius 2 is 1.51 bits per heavy atom. The van der Waals surface area contributed by atoms with Crippen molar-refractivity contribution in [1.29, 1.82) is 0 Å². The molecule has 4 heterocycles. The third-order valence-electron chi connectivity index (χ3n) is 16.1. The maximum Gasteiger partial charge on any atom is 0.328 e. The first-order chi connectivity index (χ1) is 28.2. The highest BCUT2D eigenvalue weighted by Crippen LogP contribution is 2.70. The molecule has 0 radical (unpaired) electrons. The molecule has 2 aromatic carbocycles. The summed E-state index contributed by atoms with van der Waals surface area (Å²) in [6, 6.07) is 17.7. The molecule has 4 aliphatic heterocycles. The van der Waals surface area contributed by atoms with Gasteiger partial charge in [-0.15, -0.1) is 0 Å². The molecule has 0 amide bonds. The fourth-order valence-electron chi connectivity index (χ4n) is 13.0. The summed E-state index contributed by atoms with van der Waals surface area (Å²) in [5, 5.41) is 25.9. The van der Waals surface area contributed by atoms with Gasteiger partial charge in [0.1, 0.15) is 0 Å². The molecule has 11 unspecified atom stereocenters. The van der Waals surface area contributed by atoms with Crippen molar-refractivity contribution in [2.24, 2.45) is 46.3 Å². The molecule has 3 saturated carbocycles. The molecule has 0 bridgehead atoms. The van der Waals surface area contributed by atoms with Crippen LogP contribution in [0.15, 0.2) is 87.7 Å². The van der Waals surface area contributed by atoms with Gasteiger partial charge in [-0.1, -0.05) is 93.1 Å². The number of hydrogen-bond donors (Lipinski definition) is 3. The van der Waals surface area contributed by atoms with Crippen molar-refractivity contribution in [2.75, 3.05) is 26.7 Å². The van der Waals surface area contributed by atoms with E-state index in [9.17, 15) is 14.7 Å². The minimum Gasteiger partial charge on any atom is -0.478 e. The smallest absolute Gasteiger partial charge is 0.328 e. The molecule has 0 aromatic heterocycles. The Hall–Kier alpha value is -3.21. The van der Waals surface area contributed by atoms with E-state index in [4.69, 9.17) is 19.7 Å². The van der Waals surface area contributed by atoms with Gasteiger partial charge >= 0.3 is 11.9 Å². The van der Waals surface area contributed by atoms with Crippen LogP contribution in [-0.2, 0) is 19.1 Å². The van der Waals surface area contributed by atoms with E-state index in [2.05, 4.69) is 94.2 Å². The molecule has 9 heteroatoms. The highest BCUT2D eigenvalue weighted by atomic mass is 32.2. The van der Waals surface area contributed by atoms with Gasteiger partial charge in [0.05, 0.1) is 18.8 Å². The molecule has 318 valence electrons. The van der Waals surface area contributed by atoms with Gasteiger partial charge in [-0.25, -0.2) is 9.59 Å². The van der Waals surface area contributed by atoms with Crippen molar-refractivity contribution in [1.82, 2.24) is 4.90 Å². The Labute approximate surface area is 355 Å². The van der Waals surface area contributed by atoms with Crippen LogP contribution < -0.4 is 0 Å². The number of nitrogens with zero attached hydrogens (tertiary/aromatic N) is 1. The highest BCUT2D eigenvalue weighted by Gasteiger charge is 2.68. The Morgan fingerprint density at radius 1 is 0.864 bits per heavy atom. The summed E-state index contributed by atoms with van der Waals surface area (Å²) in [7, 11) is 2.22. The zero-order valence-electron chi connectivity index (χ0n) is 35.7. The van der Waals surface area contributed by atoms with Gasteiger partial charge in [0.2, 0.25) is 0 Å². The second kappa shape index (κ2) is 16.9. The quantitative estimate of drug-likeness (QED) is 0.172. The number of piperidine rings is 1. The molecule has 2 aromatic rings. The van der Waals surface area contributed by atoms with Gasteiger partial charge in [-0.2, -0.15) is 0 Å². The number of hydrogen-bond acceptors (Lipinski definition) is 7. The minimum absolute atomic E-state index is 0.0661. The number of ether oxygens (including phenoxy) is 2. The van der Waals surface area contributed by atoms with E-state index in [1.165, 1.54) is 90.9 Å². The van der Waals surface area contributed by atoms with E-state index in [1.54, 1.807) is 11.1 Å². The van der Waals surface area contributed by atoms with Crippen LogP contribution in [-0.4, -0.2) is 76.9 Å². The second-order valence-corrected chi connectivity index (χ2v) is 20.6. The number of likely N-dealkylation sites (tertiary alicyclic amines) is 1. The number of rotatable bonds is 2. The standard InChI is InChI=1S/C27H42O3.C19H19NS.C4H4O4/c1-16-7-12-27(29-15-16)17(2)24-23(30-27)14-22-20-6-5-18-13-19(28)8-10-25(18,3)21(20)9-11-26(22,24)4;1-20-12-10-14(11-13-20)19-15-6-2-4-8-17(15)21-18-9-5-3-7-16(18)19;5-3(6)1-2-4(7)8/h9,16-20,22-24,28H,5-8,10-15H2,1-4H3;2-9H,10-13H2,1H3;1-2H,(H,5,6)(H,7,8). The van der Waals surface area contributed by atoms with Crippen LogP contribution in [0.5, 0.6) is 0 Å². The summed E-state index contributed by atoms with van der Waals surface area (Å²) in [6.07, 6.45) is 17.1. The molecule has 8 aliphatic rings. The molecule has 3 saturated heterocycles. The lowest BCUT2D eigenvalue weighted by Crippen LogP contribution is -2.50. The zero-order chi connectivity index (χ0) is 41.7. The maximum atomic E-state index is 10.3. The molecule has 10 rings (SSSR count). The Bertz CT molecular complexity index is 1930. The topological polar surface area (TPSA) is 117 Å². The summed E-state index contributed by atoms with van der Waals surface area (Å²) in [5.74, 6) is 1.17. The molecule has 3 N–H and O–H groups in total. The van der Waals surface area contributed by atoms with Gasteiger partial charge in [-0.3, -0.25) is 0 Å². The van der Waals surface area contributed by atoms with Crippen LogP contribution in [0.25, 0.3) is 5.57 Å². The Kier molecular flexibility index (Phi) is 12.2. The molecule has 59 heavy (non-hydrogen) atoms. The van der Waals surface area contributed by atoms with Gasteiger partial charge in [0.15, 0.2) is 5.79 Å². The van der Waals surface area contributed by atoms with Crippen molar-refractivity contribution in [2.45, 2.75) is 126 Å². The van der Waals surface area contributed by atoms with Crippen LogP contribution in [0.3, 0.4) is 0 Å². The van der Waals surface area contributed by atoms with Crippen molar-refractivity contribution in [3.63, 3.8) is 0 Å². The van der Waals surface area contributed by atoms with Gasteiger partial charge in [0, 0.05) is 47.4 Å². The van der Waals surface area contributed by atoms with Crippen molar-refractivity contribution < 1.29 is 34.4 Å². The zero-order valence-corrected chi connectivity index (χ0v) is 36.5. The van der Waals surface area contributed by atoms with E-state index >= 15 is 0 Å². The highest BCUT2D eigenvalue weighted by molar-refractivity contribution is 7.99. The third kappa shape index (κ3) is 8.04. The van der Waals surface area contributed by atoms with E-state index in [0.717, 1.165) is 37.7 Å². The largest absolute Gasteiger partial charge is 0.478 e. The SMILES string of the molecule is CC1CCC2(OC1)OC1CC3C4CCC5CC(O)CCC5(C)C4=CCC3(C)C1C2C.CN1CCC(=C2c3ccccc3Sc3ccccc32)CC1.O=C(O)C=CC(=O)O. The van der Waals surface area contributed by atoms with Crippen molar-refractivity contribution in [3.8, 4) is 0 Å². The van der Waals surface area contributed by atoms with Crippen LogP contribution in [0, 0.1) is 46.3 Å². The molecule has 6 fully saturated rings. The van der Waals surface area contributed by atoms with Crippen LogP contribution in [0.1, 0.15) is 109 Å². The van der Waals surface area contributed by atoms with E-state index in [-0.39, 0.29) is 11.9 Å². The number of benzene rings is 2. The summed E-state index contributed by atoms with van der Waals surface area (Å²) in [6.45, 7) is 13.1. The molecule has 1 spiro atoms. The number of aliphatic hydroxyl groups is 1. The van der Waals surface area contributed by atoms with Crippen LogP contribution in [0.4, 0.5) is 0 Å². The lowest BCUT2D eigenvalue weighted by atomic mass is 9.48. The van der Waals surface area contributed by atoms with Gasteiger partial charge in [-0.05, 0) is 141 Å². The Balaban J connectivity index is 0.000000145. The fourth-order valence-corrected chi connectivity index (χ4v) is 14.1. The third-order valence-corrected chi connectivity index (χ3v) is 17.3. The van der Waals surface area contributed by atoms with Crippen LogP contribution >= 0.6 is 11.8 Å². The van der Waals surface area contributed by atoms with Crippen molar-refractivity contribution in [3.05, 3.63) is 89.0 Å². The predicted molar refractivity (Wildman–Crippen MR) is 232 cm³/mol. The molecule has 11 atom stereocenters. The number of fused-ring (bicyclic) bond motifs is 9. The van der Waals surface area contributed by atoms with Crippen LogP contribution in [0.2, 0.25) is 0 Å². The number of allylic oxidation sites excluding steroid dienone is 2. The predicted octanol–water partition coefficient (Wildman–Crippen LogP) is 10.1. The number of carbonyl (C=O) groups is 2. The number of carboxylic acid groups (broad SMARTS) is 2. The maximum absolute atomic E-state index is 10.3. The first-order valence-electron chi connectivity index (χ1n) is 22.3. The monoisotopic (exact) mass is 823 g/mol. The summed E-state index contributed by atoms with van der Waals surface area (Å²) < 4.78 is 13.3. The molecular weight excluding hydrogens is 759 g/mol. The average Bonchev–Trinajstić information content (AvgIpc) is 3.67. The van der Waals surface area contributed by atoms with E-state index in [1.807, 2.05) is 11.8 Å². The van der Waals surface area contributed by atoms with Gasteiger partial charge in [0.25, 0.3) is 0 Å². The number of aliphatic carboxylic acids is 2. The van der Waals surface area contributed by atoms with Gasteiger partial charge < -0.3 is 29.7 Å². The minimum atomic E-state index is -1.26. The number of carboxylic acids is 2. The van der Waals surface area contributed by atoms with E-state index in [0.29, 0.717) is 52.8 Å².